The number of rotatable bonds is 15. The zero-order valence-electron chi connectivity index (χ0n) is 39.2. The van der Waals surface area contributed by atoms with Crippen molar-refractivity contribution in [2.24, 2.45) is 11.3 Å². The van der Waals surface area contributed by atoms with Crippen molar-refractivity contribution >= 4 is 44.0 Å². The van der Waals surface area contributed by atoms with Crippen LogP contribution in [-0.4, -0.2) is 90.2 Å². The number of amides is 1. The molecule has 2 saturated heterocycles. The highest BCUT2D eigenvalue weighted by molar-refractivity contribution is 7.90. The summed E-state index contributed by atoms with van der Waals surface area (Å²) in [6.07, 6.45) is 9.51. The number of anilines is 2. The molecule has 0 radical (unpaired) electrons. The monoisotopic (exact) mass is 951 g/mol. The third-order valence-electron chi connectivity index (χ3n) is 15.0. The van der Waals surface area contributed by atoms with Gasteiger partial charge in [0.25, 0.3) is 27.5 Å². The Morgan fingerprint density at radius 1 is 1.01 bits per heavy atom. The van der Waals surface area contributed by atoms with E-state index in [-0.39, 0.29) is 57.6 Å². The van der Waals surface area contributed by atoms with E-state index in [1.165, 1.54) is 60.9 Å². The Morgan fingerprint density at radius 2 is 1.76 bits per heavy atom. The van der Waals surface area contributed by atoms with Gasteiger partial charge in [-0.15, -0.1) is 0 Å². The van der Waals surface area contributed by atoms with E-state index < -0.39 is 42.9 Å². The van der Waals surface area contributed by atoms with E-state index in [0.717, 1.165) is 63.6 Å². The maximum atomic E-state index is 14.9. The van der Waals surface area contributed by atoms with Crippen LogP contribution in [0, 0.1) is 27.3 Å². The lowest BCUT2D eigenvalue weighted by Gasteiger charge is -2.57. The van der Waals surface area contributed by atoms with Gasteiger partial charge in [-0.05, 0) is 124 Å². The minimum Gasteiger partial charge on any atom is -0.475 e. The molecule has 0 unspecified atom stereocenters. The molecule has 1 amide bonds. The van der Waals surface area contributed by atoms with Crippen molar-refractivity contribution < 1.29 is 37.1 Å². The first kappa shape index (κ1) is 47.3. The van der Waals surface area contributed by atoms with Crippen LogP contribution in [0.1, 0.15) is 119 Å². The molecule has 3 aromatic carbocycles. The van der Waals surface area contributed by atoms with Crippen LogP contribution in [0.3, 0.4) is 0 Å². The highest BCUT2D eigenvalue weighted by Crippen LogP contribution is 2.49. The molecule has 2 aromatic heterocycles. The van der Waals surface area contributed by atoms with Gasteiger partial charge in [-0.3, -0.25) is 19.8 Å². The van der Waals surface area contributed by atoms with Crippen molar-refractivity contribution in [3.8, 4) is 17.4 Å². The first-order chi connectivity index (χ1) is 32.5. The lowest BCUT2D eigenvalue weighted by molar-refractivity contribution is -0.384. The number of likely N-dealkylation sites (tertiary alicyclic amines) is 1. The summed E-state index contributed by atoms with van der Waals surface area (Å²) in [6, 6.07) is 19.3. The number of H-pyrrole nitrogens is 1. The average Bonchev–Trinajstić information content (AvgIpc) is 3.94. The first-order valence-corrected chi connectivity index (χ1v) is 25.5. The Hall–Kier alpha value is -5.78. The first-order valence-electron chi connectivity index (χ1n) is 24.0. The van der Waals surface area contributed by atoms with Crippen LogP contribution in [0.15, 0.2) is 77.8 Å². The molecule has 17 heteroatoms. The molecular formula is C51H62FN7O8S. The van der Waals surface area contributed by atoms with E-state index in [4.69, 9.17) is 9.47 Å². The number of nitro groups is 1. The fraction of sp³-hybridized carbons (Fsp3) is 0.490. The van der Waals surface area contributed by atoms with E-state index >= 15 is 0 Å². The zero-order chi connectivity index (χ0) is 48.0. The number of aliphatic hydroxyl groups is 1. The SMILES string of the molecule is CCOc1nc2[nH]cc(F)c2cc1Oc1cc(N2CCC3(CC2)CN([C@H]2CCC[C@H]2c2ccccc2C(C)C)C3)ccc1C(=O)NS(=O)(=O)c1ccc(NC[C@H]2CC[C@](C)(O)CC2)c([N+](=O)[O-])c1. The molecule has 4 aliphatic rings. The summed E-state index contributed by atoms with van der Waals surface area (Å²) in [5.74, 6) is -0.387. The lowest BCUT2D eigenvalue weighted by atomic mass is 9.70. The standard InChI is InChI=1S/C51H62FN7O8S/c1-5-66-49-46(27-40-41(52)29-54-47(40)55-49)67-45-25-34(57-23-21-51(22-24-57)30-58(31-51)43-12-8-11-38(43)37-10-7-6-9-36(37)32(2)3)13-15-39(45)48(60)56-68(64,65)35-14-16-42(44(26-35)59(62)63)53-28-33-17-19-50(4,61)20-18-33/h6-7,9-10,13-16,25-27,29,32-33,38,43,53,61H,5,8,11-12,17-24,28,30-31H2,1-4H3,(H,54,55)(H,56,60)/t33-,38-,43-,50-/m0/s1. The number of piperidine rings is 1. The second-order valence-corrected chi connectivity index (χ2v) is 21.7. The number of hydrogen-bond donors (Lipinski definition) is 4. The van der Waals surface area contributed by atoms with Crippen LogP contribution in [-0.2, 0) is 10.0 Å². The van der Waals surface area contributed by atoms with Crippen LogP contribution in [0.4, 0.5) is 21.5 Å². The third-order valence-corrected chi connectivity index (χ3v) is 16.3. The fourth-order valence-corrected chi connectivity index (χ4v) is 12.1. The van der Waals surface area contributed by atoms with Gasteiger partial charge < -0.3 is 29.8 Å². The average molecular weight is 952 g/mol. The van der Waals surface area contributed by atoms with Gasteiger partial charge in [0.15, 0.2) is 5.75 Å². The predicted octanol–water partition coefficient (Wildman–Crippen LogP) is 9.63. The molecule has 2 atom stereocenters. The Labute approximate surface area is 397 Å². The fourth-order valence-electron chi connectivity index (χ4n) is 11.1. The molecule has 2 aliphatic heterocycles. The number of benzene rings is 3. The van der Waals surface area contributed by atoms with Crippen molar-refractivity contribution in [2.45, 2.75) is 114 Å². The number of nitrogens with zero attached hydrogens (tertiary/aromatic N) is 4. The zero-order valence-corrected chi connectivity index (χ0v) is 40.0. The maximum absolute atomic E-state index is 14.9. The van der Waals surface area contributed by atoms with Gasteiger partial charge in [0.2, 0.25) is 0 Å². The second-order valence-electron chi connectivity index (χ2n) is 20.0. The molecule has 2 aliphatic carbocycles. The molecule has 362 valence electrons. The van der Waals surface area contributed by atoms with E-state index in [0.29, 0.717) is 37.3 Å². The van der Waals surface area contributed by atoms with Gasteiger partial charge in [-0.2, -0.15) is 4.98 Å². The third kappa shape index (κ3) is 9.74. The topological polar surface area (TPSA) is 192 Å². The molecule has 2 saturated carbocycles. The molecule has 5 aromatic rings. The number of aromatic nitrogens is 2. The summed E-state index contributed by atoms with van der Waals surface area (Å²) in [4.78, 5) is 37.4. The van der Waals surface area contributed by atoms with Crippen LogP contribution >= 0.6 is 0 Å². The van der Waals surface area contributed by atoms with Crippen LogP contribution in [0.5, 0.6) is 17.4 Å². The van der Waals surface area contributed by atoms with E-state index in [2.05, 4.69) is 67.9 Å². The van der Waals surface area contributed by atoms with E-state index in [1.54, 1.807) is 26.0 Å². The predicted molar refractivity (Wildman–Crippen MR) is 259 cm³/mol. The smallest absolute Gasteiger partial charge is 0.293 e. The lowest BCUT2D eigenvalue weighted by Crippen LogP contribution is -2.63. The van der Waals surface area contributed by atoms with Crippen molar-refractivity contribution in [1.82, 2.24) is 19.6 Å². The number of ether oxygens (including phenoxy) is 2. The number of fused-ring (bicyclic) bond motifs is 1. The molecule has 1 spiro atoms. The molecular weight excluding hydrogens is 890 g/mol. The van der Waals surface area contributed by atoms with Gasteiger partial charge in [0.05, 0.1) is 33.0 Å². The Balaban J connectivity index is 0.935. The highest BCUT2D eigenvalue weighted by Gasteiger charge is 2.49. The number of aromatic amines is 1. The quantitative estimate of drug-likeness (QED) is 0.0575. The number of sulfonamides is 1. The molecule has 4 N–H and O–H groups in total. The van der Waals surface area contributed by atoms with E-state index in [1.807, 2.05) is 0 Å². The van der Waals surface area contributed by atoms with Gasteiger partial charge in [-0.25, -0.2) is 17.5 Å². The molecule has 15 nitrogen and oxygen atoms in total. The van der Waals surface area contributed by atoms with Crippen molar-refractivity contribution in [3.05, 3.63) is 106 Å². The molecule has 0 bridgehead atoms. The van der Waals surface area contributed by atoms with Crippen LogP contribution < -0.4 is 24.4 Å². The van der Waals surface area contributed by atoms with Crippen molar-refractivity contribution in [1.29, 1.82) is 0 Å². The van der Waals surface area contributed by atoms with Crippen molar-refractivity contribution in [2.75, 3.05) is 49.5 Å². The van der Waals surface area contributed by atoms with Gasteiger partial charge in [-0.1, -0.05) is 44.5 Å². The maximum Gasteiger partial charge on any atom is 0.293 e. The number of nitrogens with one attached hydrogen (secondary N) is 3. The number of pyridine rings is 1. The van der Waals surface area contributed by atoms with Crippen molar-refractivity contribution in [3.63, 3.8) is 0 Å². The second kappa shape index (κ2) is 19.0. The number of carbonyl (C=O) groups is 1. The Bertz CT molecular complexity index is 2790. The van der Waals surface area contributed by atoms with Gasteiger partial charge in [0, 0.05) is 68.8 Å². The number of hydrogen-bond acceptors (Lipinski definition) is 12. The minimum atomic E-state index is -4.66. The number of carbonyl (C=O) groups excluding carboxylic acids is 1. The molecule has 4 heterocycles. The highest BCUT2D eigenvalue weighted by atomic mass is 32.2. The number of nitro benzene ring substituents is 1. The molecule has 68 heavy (non-hydrogen) atoms. The molecule has 9 rings (SSSR count). The van der Waals surface area contributed by atoms with E-state index in [9.17, 15) is 32.8 Å². The van der Waals surface area contributed by atoms with Crippen LogP contribution in [0.25, 0.3) is 11.0 Å². The molecule has 4 fully saturated rings. The summed E-state index contributed by atoms with van der Waals surface area (Å²) in [5, 5.41) is 25.8. The summed E-state index contributed by atoms with van der Waals surface area (Å²) in [5.41, 5.74) is 2.96. The normalized spacial score (nSPS) is 22.9. The van der Waals surface area contributed by atoms with Gasteiger partial charge >= 0.3 is 0 Å². The summed E-state index contributed by atoms with van der Waals surface area (Å²) in [7, 11) is -4.66. The largest absolute Gasteiger partial charge is 0.475 e. The summed E-state index contributed by atoms with van der Waals surface area (Å²) >= 11 is 0. The number of halogens is 1. The van der Waals surface area contributed by atoms with Crippen LogP contribution in [0.2, 0.25) is 0 Å². The van der Waals surface area contributed by atoms with Gasteiger partial charge in [0.1, 0.15) is 22.9 Å². The Kier molecular flexibility index (Phi) is 13.2. The summed E-state index contributed by atoms with van der Waals surface area (Å²) < 4.78 is 56.9. The minimum absolute atomic E-state index is 0.0117. The summed E-state index contributed by atoms with van der Waals surface area (Å²) in [6.45, 7) is 12.4. The Morgan fingerprint density at radius 3 is 2.49 bits per heavy atom.